The van der Waals surface area contributed by atoms with Crippen LogP contribution in [-0.4, -0.2) is 4.92 Å². The molecule has 0 aliphatic carbocycles. The maximum atomic E-state index is 10.2. The minimum atomic E-state index is -0.463. The van der Waals surface area contributed by atoms with Crippen molar-refractivity contribution in [3.05, 3.63) is 76.0 Å². The quantitative estimate of drug-likeness (QED) is 0.602. The van der Waals surface area contributed by atoms with Crippen LogP contribution in [0.1, 0.15) is 11.1 Å². The van der Waals surface area contributed by atoms with E-state index in [2.05, 4.69) is 19.1 Å². The molecular formula is C15H13NO2. The number of nitrogens with zero attached hydrogens (tertiary/aromatic N) is 1. The molecule has 90 valence electrons. The summed E-state index contributed by atoms with van der Waals surface area (Å²) in [6.45, 7) is 2.07. The summed E-state index contributed by atoms with van der Waals surface area (Å²) in [5.41, 5.74) is 4.34. The molecule has 0 aromatic heterocycles. The van der Waals surface area contributed by atoms with E-state index in [1.54, 1.807) is 0 Å². The number of benzene rings is 2. The van der Waals surface area contributed by atoms with E-state index in [4.69, 9.17) is 0 Å². The van der Waals surface area contributed by atoms with Crippen molar-refractivity contribution in [2.45, 2.75) is 6.92 Å². The zero-order chi connectivity index (χ0) is 13.0. The van der Waals surface area contributed by atoms with Crippen molar-refractivity contribution in [3.63, 3.8) is 0 Å². The summed E-state index contributed by atoms with van der Waals surface area (Å²) >= 11 is 0. The van der Waals surface area contributed by atoms with Gasteiger partial charge < -0.3 is 0 Å². The molecule has 2 rings (SSSR count). The lowest BCUT2D eigenvalue weighted by atomic mass is 10.00. The molecule has 0 N–H and O–H groups in total. The largest absolute Gasteiger partial charge is 0.259 e. The molecule has 3 heteroatoms. The van der Waals surface area contributed by atoms with Crippen LogP contribution < -0.4 is 0 Å². The van der Waals surface area contributed by atoms with E-state index in [9.17, 15) is 10.1 Å². The molecule has 0 radical (unpaired) electrons. The van der Waals surface area contributed by atoms with E-state index < -0.39 is 4.92 Å². The van der Waals surface area contributed by atoms with Crippen LogP contribution >= 0.6 is 0 Å². The van der Waals surface area contributed by atoms with Crippen LogP contribution in [-0.2, 0) is 0 Å². The third kappa shape index (κ3) is 2.83. The van der Waals surface area contributed by atoms with Crippen LogP contribution in [0.15, 0.2) is 54.7 Å². The minimum absolute atomic E-state index is 0.463. The van der Waals surface area contributed by atoms with E-state index in [0.29, 0.717) is 0 Å². The topological polar surface area (TPSA) is 43.1 Å². The second-order valence-corrected chi connectivity index (χ2v) is 4.04. The lowest BCUT2D eigenvalue weighted by Crippen LogP contribution is -1.84. The Morgan fingerprint density at radius 3 is 2.33 bits per heavy atom. The SMILES string of the molecule is Cc1ccccc1-c1ccc(C=C[N+](=O)[O-])cc1. The van der Waals surface area contributed by atoms with Crippen molar-refractivity contribution >= 4 is 6.08 Å². The van der Waals surface area contributed by atoms with Crippen molar-refractivity contribution in [2.24, 2.45) is 0 Å². The van der Waals surface area contributed by atoms with Gasteiger partial charge in [0, 0.05) is 6.08 Å². The van der Waals surface area contributed by atoms with Crippen molar-refractivity contribution in [2.75, 3.05) is 0 Å². The van der Waals surface area contributed by atoms with Crippen LogP contribution in [0.25, 0.3) is 17.2 Å². The fourth-order valence-electron chi connectivity index (χ4n) is 1.82. The molecule has 3 nitrogen and oxygen atoms in total. The Morgan fingerprint density at radius 2 is 1.72 bits per heavy atom. The smallest absolute Gasteiger partial charge is 0.235 e. The van der Waals surface area contributed by atoms with Crippen LogP contribution in [0.5, 0.6) is 0 Å². The maximum absolute atomic E-state index is 10.2. The van der Waals surface area contributed by atoms with E-state index in [1.807, 2.05) is 36.4 Å². The number of aryl methyl sites for hydroxylation is 1. The van der Waals surface area contributed by atoms with Gasteiger partial charge in [-0.3, -0.25) is 10.1 Å². The number of rotatable bonds is 3. The van der Waals surface area contributed by atoms with Gasteiger partial charge in [0.2, 0.25) is 6.20 Å². The first-order valence-electron chi connectivity index (χ1n) is 5.64. The van der Waals surface area contributed by atoms with Gasteiger partial charge in [0.05, 0.1) is 4.92 Å². The highest BCUT2D eigenvalue weighted by Gasteiger charge is 2.00. The average Bonchev–Trinajstić information content (AvgIpc) is 2.38. The second kappa shape index (κ2) is 5.27. The zero-order valence-corrected chi connectivity index (χ0v) is 10.0. The lowest BCUT2D eigenvalue weighted by Gasteiger charge is -2.05. The van der Waals surface area contributed by atoms with Crippen molar-refractivity contribution < 1.29 is 4.92 Å². The summed E-state index contributed by atoms with van der Waals surface area (Å²) in [5.74, 6) is 0. The van der Waals surface area contributed by atoms with Gasteiger partial charge in [-0.1, -0.05) is 48.5 Å². The van der Waals surface area contributed by atoms with Gasteiger partial charge >= 0.3 is 0 Å². The van der Waals surface area contributed by atoms with Crippen LogP contribution in [0.4, 0.5) is 0 Å². The van der Waals surface area contributed by atoms with Gasteiger partial charge in [-0.2, -0.15) is 0 Å². The number of hydrogen-bond acceptors (Lipinski definition) is 2. The molecule has 0 heterocycles. The summed E-state index contributed by atoms with van der Waals surface area (Å²) in [6, 6.07) is 15.8. The molecule has 0 atom stereocenters. The lowest BCUT2D eigenvalue weighted by molar-refractivity contribution is -0.400. The monoisotopic (exact) mass is 239 g/mol. The summed E-state index contributed by atoms with van der Waals surface area (Å²) in [6.07, 6.45) is 2.43. The van der Waals surface area contributed by atoms with Gasteiger partial charge in [0.25, 0.3) is 0 Å². The van der Waals surface area contributed by atoms with Crippen LogP contribution in [0.2, 0.25) is 0 Å². The summed E-state index contributed by atoms with van der Waals surface area (Å²) < 4.78 is 0. The molecule has 2 aromatic rings. The Hall–Kier alpha value is -2.42. The molecule has 18 heavy (non-hydrogen) atoms. The highest BCUT2D eigenvalue weighted by Crippen LogP contribution is 2.23. The van der Waals surface area contributed by atoms with E-state index in [-0.39, 0.29) is 0 Å². The van der Waals surface area contributed by atoms with Crippen LogP contribution in [0, 0.1) is 17.0 Å². The van der Waals surface area contributed by atoms with Gasteiger partial charge in [0.1, 0.15) is 0 Å². The Balaban J connectivity index is 2.28. The molecule has 0 saturated heterocycles. The standard InChI is InChI=1S/C15H13NO2/c1-12-4-2-3-5-15(12)14-8-6-13(7-9-14)10-11-16(17)18/h2-11H,1H3. The second-order valence-electron chi connectivity index (χ2n) is 4.04. The van der Waals surface area contributed by atoms with E-state index >= 15 is 0 Å². The van der Waals surface area contributed by atoms with Gasteiger partial charge in [-0.05, 0) is 29.2 Å². The highest BCUT2D eigenvalue weighted by molar-refractivity contribution is 5.68. The molecule has 0 spiro atoms. The highest BCUT2D eigenvalue weighted by atomic mass is 16.6. The minimum Gasteiger partial charge on any atom is -0.259 e. The Bertz CT molecular complexity index is 586. The summed E-state index contributed by atoms with van der Waals surface area (Å²) in [7, 11) is 0. The third-order valence-corrected chi connectivity index (χ3v) is 2.76. The first kappa shape index (κ1) is 12.0. The average molecular weight is 239 g/mol. The molecule has 0 aliphatic heterocycles. The zero-order valence-electron chi connectivity index (χ0n) is 10.0. The fourth-order valence-corrected chi connectivity index (χ4v) is 1.82. The van der Waals surface area contributed by atoms with Crippen molar-refractivity contribution in [3.8, 4) is 11.1 Å². The van der Waals surface area contributed by atoms with Gasteiger partial charge in [-0.15, -0.1) is 0 Å². The normalized spacial score (nSPS) is 10.7. The number of hydrogen-bond donors (Lipinski definition) is 0. The molecule has 0 bridgehead atoms. The predicted octanol–water partition coefficient (Wildman–Crippen LogP) is 3.91. The van der Waals surface area contributed by atoms with Gasteiger partial charge in [-0.25, -0.2) is 0 Å². The first-order valence-corrected chi connectivity index (χ1v) is 5.64. The number of nitro groups is 1. The Morgan fingerprint density at radius 1 is 1.06 bits per heavy atom. The molecule has 0 fully saturated rings. The summed E-state index contributed by atoms with van der Waals surface area (Å²) in [4.78, 5) is 9.76. The molecule has 0 unspecified atom stereocenters. The van der Waals surface area contributed by atoms with Crippen molar-refractivity contribution in [1.82, 2.24) is 0 Å². The summed E-state index contributed by atoms with van der Waals surface area (Å²) in [5, 5.41) is 10.2. The molecule has 0 amide bonds. The predicted molar refractivity (Wildman–Crippen MR) is 72.6 cm³/mol. The Labute approximate surface area is 106 Å². The maximum Gasteiger partial charge on any atom is 0.235 e. The fraction of sp³-hybridized carbons (Fsp3) is 0.0667. The third-order valence-electron chi connectivity index (χ3n) is 2.76. The van der Waals surface area contributed by atoms with E-state index in [0.717, 1.165) is 17.3 Å². The van der Waals surface area contributed by atoms with E-state index in [1.165, 1.54) is 17.2 Å². The van der Waals surface area contributed by atoms with Crippen molar-refractivity contribution in [1.29, 1.82) is 0 Å². The van der Waals surface area contributed by atoms with Crippen LogP contribution in [0.3, 0.4) is 0 Å². The Kier molecular flexibility index (Phi) is 3.53. The molecule has 0 saturated carbocycles. The molecule has 2 aromatic carbocycles. The molecular weight excluding hydrogens is 226 g/mol. The molecule has 0 aliphatic rings. The van der Waals surface area contributed by atoms with Gasteiger partial charge in [0.15, 0.2) is 0 Å². The first-order chi connectivity index (χ1) is 8.66.